The van der Waals surface area contributed by atoms with E-state index < -0.39 is 22.9 Å². The van der Waals surface area contributed by atoms with Crippen molar-refractivity contribution in [2.24, 2.45) is 0 Å². The fraction of sp³-hybridized carbons (Fsp3) is 0.143. The molecule has 0 aliphatic carbocycles. The predicted octanol–water partition coefficient (Wildman–Crippen LogP) is 2.31. The zero-order valence-electron chi connectivity index (χ0n) is 7.69. The maximum atomic E-state index is 11.9. The number of aromatic nitrogens is 1. The van der Waals surface area contributed by atoms with Gasteiger partial charge in [-0.25, -0.2) is 4.98 Å². The number of nitrogens with zero attached hydrogens (tertiary/aromatic N) is 2. The molecule has 0 N–H and O–H groups in total. The molecule has 0 aromatic carbocycles. The first-order chi connectivity index (χ1) is 7.76. The van der Waals surface area contributed by atoms with Crippen molar-refractivity contribution in [2.75, 3.05) is 0 Å². The number of rotatable bonds is 3. The summed E-state index contributed by atoms with van der Waals surface area (Å²) < 4.78 is 39.0. The van der Waals surface area contributed by atoms with E-state index >= 15 is 0 Å². The number of aldehydes is 1. The fourth-order valence-electron chi connectivity index (χ4n) is 0.901. The number of hydrogen-bond acceptors (Lipinski definition) is 5. The molecule has 1 heterocycles. The van der Waals surface area contributed by atoms with Gasteiger partial charge in [-0.05, 0) is 22.6 Å². The molecule has 92 valence electrons. The maximum Gasteiger partial charge on any atom is 0.574 e. The molecular weight excluding hydrogens is 360 g/mol. The Labute approximate surface area is 105 Å². The highest BCUT2D eigenvalue weighted by molar-refractivity contribution is 14.1. The third-order valence-electron chi connectivity index (χ3n) is 1.51. The van der Waals surface area contributed by atoms with Crippen LogP contribution in [0.1, 0.15) is 10.4 Å². The highest BCUT2D eigenvalue weighted by atomic mass is 127. The molecule has 0 saturated carbocycles. The molecule has 0 atom stereocenters. The van der Waals surface area contributed by atoms with Crippen LogP contribution in [0.4, 0.5) is 18.9 Å². The monoisotopic (exact) mass is 362 g/mol. The van der Waals surface area contributed by atoms with Crippen LogP contribution in [0.3, 0.4) is 0 Å². The van der Waals surface area contributed by atoms with Crippen molar-refractivity contribution in [3.05, 3.63) is 25.4 Å². The zero-order chi connectivity index (χ0) is 13.2. The van der Waals surface area contributed by atoms with Gasteiger partial charge >= 0.3 is 17.9 Å². The van der Waals surface area contributed by atoms with Gasteiger partial charge in [0.2, 0.25) is 0 Å². The van der Waals surface area contributed by atoms with Gasteiger partial charge in [0.05, 0.1) is 10.5 Å². The standard InChI is InChI=1S/C7H2F3IN2O4/c8-7(9,10)17-6-5(13(15)16)4(11)3(2-14)1-12-6/h1-2H. The van der Waals surface area contributed by atoms with Crippen LogP contribution in [0, 0.1) is 13.7 Å². The van der Waals surface area contributed by atoms with Gasteiger partial charge in [-0.1, -0.05) is 0 Å². The Balaban J connectivity index is 3.36. The molecule has 0 radical (unpaired) electrons. The Kier molecular flexibility index (Phi) is 3.85. The molecule has 17 heavy (non-hydrogen) atoms. The Bertz CT molecular complexity index is 477. The molecule has 0 saturated heterocycles. The average molecular weight is 362 g/mol. The summed E-state index contributed by atoms with van der Waals surface area (Å²) in [4.78, 5) is 23.1. The molecule has 0 bridgehead atoms. The topological polar surface area (TPSA) is 82.3 Å². The van der Waals surface area contributed by atoms with E-state index in [2.05, 4.69) is 9.72 Å². The molecule has 1 aromatic heterocycles. The first kappa shape index (κ1) is 13.6. The number of carbonyl (C=O) groups excluding carboxylic acids is 1. The van der Waals surface area contributed by atoms with Crippen molar-refractivity contribution >= 4 is 34.6 Å². The number of pyridine rings is 1. The van der Waals surface area contributed by atoms with Gasteiger partial charge in [-0.15, -0.1) is 13.2 Å². The predicted molar refractivity (Wildman–Crippen MR) is 55.7 cm³/mol. The highest BCUT2D eigenvalue weighted by Gasteiger charge is 2.37. The molecule has 1 rings (SSSR count). The van der Waals surface area contributed by atoms with E-state index in [0.717, 1.165) is 6.20 Å². The summed E-state index contributed by atoms with van der Waals surface area (Å²) in [5.74, 6) is -1.20. The van der Waals surface area contributed by atoms with Gasteiger partial charge in [0, 0.05) is 6.20 Å². The normalized spacial score (nSPS) is 11.1. The lowest BCUT2D eigenvalue weighted by Gasteiger charge is -2.09. The number of nitro groups is 1. The van der Waals surface area contributed by atoms with Crippen molar-refractivity contribution < 1.29 is 27.6 Å². The minimum Gasteiger partial charge on any atom is -0.381 e. The average Bonchev–Trinajstić information content (AvgIpc) is 2.14. The van der Waals surface area contributed by atoms with Gasteiger partial charge in [0.15, 0.2) is 6.29 Å². The molecule has 6 nitrogen and oxygen atoms in total. The number of alkyl halides is 3. The van der Waals surface area contributed by atoms with Crippen molar-refractivity contribution in [3.8, 4) is 5.88 Å². The zero-order valence-corrected chi connectivity index (χ0v) is 9.85. The van der Waals surface area contributed by atoms with Gasteiger partial charge in [0.1, 0.15) is 3.57 Å². The molecule has 0 aliphatic heterocycles. The van der Waals surface area contributed by atoms with Crippen LogP contribution in [0.5, 0.6) is 5.88 Å². The van der Waals surface area contributed by atoms with Crippen LogP contribution in [-0.2, 0) is 0 Å². The van der Waals surface area contributed by atoms with Crippen molar-refractivity contribution in [2.45, 2.75) is 6.36 Å². The maximum absolute atomic E-state index is 11.9. The summed E-state index contributed by atoms with van der Waals surface area (Å²) in [6, 6.07) is 0. The molecule has 0 fully saturated rings. The lowest BCUT2D eigenvalue weighted by Crippen LogP contribution is -2.19. The quantitative estimate of drug-likeness (QED) is 0.357. The van der Waals surface area contributed by atoms with Crippen molar-refractivity contribution in [1.82, 2.24) is 4.98 Å². The summed E-state index contributed by atoms with van der Waals surface area (Å²) >= 11 is 1.37. The fourth-order valence-corrected chi connectivity index (χ4v) is 1.60. The lowest BCUT2D eigenvalue weighted by atomic mass is 10.3. The Morgan fingerprint density at radius 3 is 2.53 bits per heavy atom. The van der Waals surface area contributed by atoms with Gasteiger partial charge in [-0.2, -0.15) is 0 Å². The molecular formula is C7H2F3IN2O4. The number of ether oxygens (including phenoxy) is 1. The summed E-state index contributed by atoms with van der Waals surface area (Å²) in [6.45, 7) is 0. The third kappa shape index (κ3) is 3.25. The third-order valence-corrected chi connectivity index (χ3v) is 2.64. The lowest BCUT2D eigenvalue weighted by molar-refractivity contribution is -0.390. The van der Waals surface area contributed by atoms with Crippen LogP contribution in [-0.4, -0.2) is 22.6 Å². The largest absolute Gasteiger partial charge is 0.574 e. The van der Waals surface area contributed by atoms with Crippen LogP contribution < -0.4 is 4.74 Å². The second-order valence-electron chi connectivity index (χ2n) is 2.60. The molecule has 0 amide bonds. The second kappa shape index (κ2) is 4.81. The van der Waals surface area contributed by atoms with Gasteiger partial charge < -0.3 is 4.74 Å². The molecule has 1 aromatic rings. The van der Waals surface area contributed by atoms with E-state index in [-0.39, 0.29) is 15.4 Å². The van der Waals surface area contributed by atoms with E-state index in [0.29, 0.717) is 0 Å². The van der Waals surface area contributed by atoms with Crippen molar-refractivity contribution in [1.29, 1.82) is 0 Å². The Morgan fingerprint density at radius 1 is 1.53 bits per heavy atom. The molecule has 0 unspecified atom stereocenters. The van der Waals surface area contributed by atoms with Crippen LogP contribution in [0.2, 0.25) is 0 Å². The summed E-state index contributed by atoms with van der Waals surface area (Å²) in [7, 11) is 0. The minimum absolute atomic E-state index is 0.188. The van der Waals surface area contributed by atoms with Crippen LogP contribution in [0.25, 0.3) is 0 Å². The van der Waals surface area contributed by atoms with E-state index in [1.165, 1.54) is 22.6 Å². The molecule has 0 spiro atoms. The highest BCUT2D eigenvalue weighted by Crippen LogP contribution is 2.34. The van der Waals surface area contributed by atoms with E-state index in [4.69, 9.17) is 0 Å². The Morgan fingerprint density at radius 2 is 2.12 bits per heavy atom. The first-order valence-corrected chi connectivity index (χ1v) is 4.88. The van der Waals surface area contributed by atoms with Gasteiger partial charge in [-0.3, -0.25) is 14.9 Å². The summed E-state index contributed by atoms with van der Waals surface area (Å²) in [6.07, 6.45) is -4.08. The van der Waals surface area contributed by atoms with Crippen LogP contribution in [0.15, 0.2) is 6.20 Å². The van der Waals surface area contributed by atoms with E-state index in [1.807, 2.05) is 0 Å². The number of hydrogen-bond donors (Lipinski definition) is 0. The number of carbonyl (C=O) groups is 1. The Hall–Kier alpha value is -1.46. The number of halogens is 4. The first-order valence-electron chi connectivity index (χ1n) is 3.80. The molecule has 10 heteroatoms. The minimum atomic E-state index is -5.09. The van der Waals surface area contributed by atoms with Crippen molar-refractivity contribution in [3.63, 3.8) is 0 Å². The van der Waals surface area contributed by atoms with Gasteiger partial charge in [0.25, 0.3) is 0 Å². The summed E-state index contributed by atoms with van der Waals surface area (Å²) in [5, 5.41) is 10.6. The van der Waals surface area contributed by atoms with E-state index in [9.17, 15) is 28.1 Å². The van der Waals surface area contributed by atoms with Crippen LogP contribution >= 0.6 is 22.6 Å². The SMILES string of the molecule is O=Cc1cnc(OC(F)(F)F)c([N+](=O)[O-])c1I. The van der Waals surface area contributed by atoms with E-state index in [1.54, 1.807) is 0 Å². The second-order valence-corrected chi connectivity index (χ2v) is 3.68. The molecule has 0 aliphatic rings. The summed E-state index contributed by atoms with van der Waals surface area (Å²) in [5.41, 5.74) is -1.18. The smallest absolute Gasteiger partial charge is 0.381 e.